The van der Waals surface area contributed by atoms with E-state index in [1.807, 2.05) is 18.3 Å². The summed E-state index contributed by atoms with van der Waals surface area (Å²) >= 11 is 0. The molecular formula is C24H33N3O5S. The van der Waals surface area contributed by atoms with Crippen LogP contribution in [-0.4, -0.2) is 66.9 Å². The van der Waals surface area contributed by atoms with Gasteiger partial charge in [-0.1, -0.05) is 0 Å². The number of hydrogen-bond acceptors (Lipinski definition) is 5. The first-order valence-electron chi connectivity index (χ1n) is 11.9. The normalized spacial score (nSPS) is 20.8. The van der Waals surface area contributed by atoms with Crippen molar-refractivity contribution in [2.75, 3.05) is 32.8 Å². The van der Waals surface area contributed by atoms with Crippen molar-refractivity contribution in [3.63, 3.8) is 0 Å². The van der Waals surface area contributed by atoms with Crippen molar-refractivity contribution in [2.45, 2.75) is 51.0 Å². The molecule has 0 bridgehead atoms. The van der Waals surface area contributed by atoms with Gasteiger partial charge < -0.3 is 14.2 Å². The summed E-state index contributed by atoms with van der Waals surface area (Å²) in [6, 6.07) is 7.20. The molecule has 2 fully saturated rings. The van der Waals surface area contributed by atoms with Gasteiger partial charge in [-0.15, -0.1) is 0 Å². The lowest BCUT2D eigenvalue weighted by molar-refractivity contribution is -0.152. The number of aryl methyl sites for hydroxylation is 1. The van der Waals surface area contributed by atoms with Crippen molar-refractivity contribution in [3.8, 4) is 0 Å². The van der Waals surface area contributed by atoms with Gasteiger partial charge >= 0.3 is 5.97 Å². The first-order valence-corrected chi connectivity index (χ1v) is 13.3. The van der Waals surface area contributed by atoms with E-state index < -0.39 is 10.0 Å². The van der Waals surface area contributed by atoms with Crippen LogP contribution in [0.4, 0.5) is 0 Å². The minimum absolute atomic E-state index is 0.0309. The topological polar surface area (TPSA) is 88.9 Å². The smallest absolute Gasteiger partial charge is 0.310 e. The van der Waals surface area contributed by atoms with E-state index in [1.54, 1.807) is 24.0 Å². The highest BCUT2D eigenvalue weighted by molar-refractivity contribution is 7.89. The molecule has 3 heterocycles. The summed E-state index contributed by atoms with van der Waals surface area (Å²) in [5.41, 5.74) is 1.02. The molecule has 0 saturated carbocycles. The second-order valence-corrected chi connectivity index (χ2v) is 10.8. The number of esters is 1. The Morgan fingerprint density at radius 3 is 2.48 bits per heavy atom. The highest BCUT2D eigenvalue weighted by atomic mass is 32.2. The molecule has 0 aliphatic carbocycles. The summed E-state index contributed by atoms with van der Waals surface area (Å²) in [5.74, 6) is -0.676. The quantitative estimate of drug-likeness (QED) is 0.600. The molecule has 8 nitrogen and oxygen atoms in total. The second-order valence-electron chi connectivity index (χ2n) is 8.88. The first-order chi connectivity index (χ1) is 15.8. The monoisotopic (exact) mass is 475 g/mol. The number of carbonyl (C=O) groups excluding carboxylic acids is 2. The van der Waals surface area contributed by atoms with Gasteiger partial charge in [0.05, 0.1) is 17.4 Å². The number of aromatic nitrogens is 1. The average molecular weight is 476 g/mol. The predicted molar refractivity (Wildman–Crippen MR) is 125 cm³/mol. The Bertz CT molecular complexity index is 1120. The molecule has 4 rings (SSSR count). The van der Waals surface area contributed by atoms with Gasteiger partial charge in [0.15, 0.2) is 0 Å². The van der Waals surface area contributed by atoms with Crippen LogP contribution in [0.1, 0.15) is 39.5 Å². The first kappa shape index (κ1) is 23.8. The molecule has 1 aromatic heterocycles. The molecule has 2 aromatic rings. The number of benzene rings is 1. The zero-order valence-electron chi connectivity index (χ0n) is 19.4. The van der Waals surface area contributed by atoms with Crippen LogP contribution in [0.5, 0.6) is 0 Å². The number of rotatable bonds is 6. The van der Waals surface area contributed by atoms with Crippen molar-refractivity contribution in [1.29, 1.82) is 0 Å². The predicted octanol–water partition coefficient (Wildman–Crippen LogP) is 2.86. The fraction of sp³-hybridized carbons (Fsp3) is 0.583. The Hall–Kier alpha value is -2.39. The van der Waals surface area contributed by atoms with Gasteiger partial charge in [-0.3, -0.25) is 9.59 Å². The molecule has 180 valence electrons. The Labute approximate surface area is 195 Å². The third kappa shape index (κ3) is 4.80. The van der Waals surface area contributed by atoms with Crippen LogP contribution in [0.15, 0.2) is 35.4 Å². The number of sulfonamides is 1. The molecular weight excluding hydrogens is 442 g/mol. The maximum Gasteiger partial charge on any atom is 0.310 e. The van der Waals surface area contributed by atoms with Gasteiger partial charge in [0.25, 0.3) is 0 Å². The van der Waals surface area contributed by atoms with Gasteiger partial charge in [-0.25, -0.2) is 8.42 Å². The van der Waals surface area contributed by atoms with Crippen molar-refractivity contribution < 1.29 is 22.7 Å². The van der Waals surface area contributed by atoms with Gasteiger partial charge in [-0.2, -0.15) is 4.31 Å². The lowest BCUT2D eigenvalue weighted by Gasteiger charge is -2.36. The molecule has 2 aliphatic heterocycles. The summed E-state index contributed by atoms with van der Waals surface area (Å²) in [6.45, 7) is 6.69. The lowest BCUT2D eigenvalue weighted by atomic mass is 9.93. The standard InChI is InChI=1S/C24H33N3O5S/c1-3-25-13-9-19-16-21(7-8-22(19)25)33(30,31)27-14-10-18(11-15-27)23(28)26-12-5-6-20(17-26)24(29)32-4-2/h7-9,13,16,18,20H,3-6,10-12,14-15,17H2,1-2H3/t20-/m1/s1. The van der Waals surface area contributed by atoms with Crippen LogP contribution < -0.4 is 0 Å². The molecule has 9 heteroatoms. The van der Waals surface area contributed by atoms with Crippen molar-refractivity contribution >= 4 is 32.8 Å². The van der Waals surface area contributed by atoms with Crippen LogP contribution in [0.25, 0.3) is 10.9 Å². The summed E-state index contributed by atoms with van der Waals surface area (Å²) in [5, 5.41) is 0.907. The number of ether oxygens (including phenoxy) is 1. The number of likely N-dealkylation sites (tertiary alicyclic amines) is 1. The zero-order chi connectivity index (χ0) is 23.6. The third-order valence-electron chi connectivity index (χ3n) is 6.88. The molecule has 2 aliphatic rings. The van der Waals surface area contributed by atoms with Crippen molar-refractivity contribution in [1.82, 2.24) is 13.8 Å². The molecule has 0 radical (unpaired) electrons. The number of hydrogen-bond donors (Lipinski definition) is 0. The highest BCUT2D eigenvalue weighted by Crippen LogP contribution is 2.29. The van der Waals surface area contributed by atoms with E-state index in [0.717, 1.165) is 30.3 Å². The van der Waals surface area contributed by atoms with Crippen molar-refractivity contribution in [2.24, 2.45) is 11.8 Å². The van der Waals surface area contributed by atoms with E-state index >= 15 is 0 Å². The highest BCUT2D eigenvalue weighted by Gasteiger charge is 2.36. The summed E-state index contributed by atoms with van der Waals surface area (Å²) in [7, 11) is -3.61. The lowest BCUT2D eigenvalue weighted by Crippen LogP contribution is -2.48. The minimum Gasteiger partial charge on any atom is -0.466 e. The molecule has 2 saturated heterocycles. The number of nitrogens with zero attached hydrogens (tertiary/aromatic N) is 3. The van der Waals surface area contributed by atoms with E-state index in [2.05, 4.69) is 11.5 Å². The Morgan fingerprint density at radius 1 is 1.03 bits per heavy atom. The van der Waals surface area contributed by atoms with Crippen molar-refractivity contribution in [3.05, 3.63) is 30.5 Å². The third-order valence-corrected chi connectivity index (χ3v) is 8.77. The molecule has 33 heavy (non-hydrogen) atoms. The molecule has 1 aromatic carbocycles. The van der Waals surface area contributed by atoms with E-state index in [0.29, 0.717) is 50.5 Å². The summed E-state index contributed by atoms with van der Waals surface area (Å²) in [4.78, 5) is 27.2. The number of carbonyl (C=O) groups is 2. The maximum atomic E-state index is 13.2. The van der Waals surface area contributed by atoms with Crippen LogP contribution in [0, 0.1) is 11.8 Å². The van der Waals surface area contributed by atoms with Crippen LogP contribution in [0.2, 0.25) is 0 Å². The van der Waals surface area contributed by atoms with E-state index in [-0.39, 0.29) is 23.7 Å². The SMILES string of the molecule is CCOC(=O)[C@@H]1CCCN(C(=O)C2CCN(S(=O)(=O)c3ccc4c(ccn4CC)c3)CC2)C1. The van der Waals surface area contributed by atoms with Crippen LogP contribution >= 0.6 is 0 Å². The van der Waals surface area contributed by atoms with Gasteiger partial charge in [0.2, 0.25) is 15.9 Å². The summed E-state index contributed by atoms with van der Waals surface area (Å²) < 4.78 is 35.2. The van der Waals surface area contributed by atoms with Crippen LogP contribution in [-0.2, 0) is 30.9 Å². The fourth-order valence-corrected chi connectivity index (χ4v) is 6.50. The van der Waals surface area contributed by atoms with Gasteiger partial charge in [0.1, 0.15) is 0 Å². The Morgan fingerprint density at radius 2 is 1.79 bits per heavy atom. The molecule has 0 unspecified atom stereocenters. The molecule has 1 amide bonds. The van der Waals surface area contributed by atoms with Gasteiger partial charge in [-0.05, 0) is 63.8 Å². The largest absolute Gasteiger partial charge is 0.466 e. The Balaban J connectivity index is 1.39. The maximum absolute atomic E-state index is 13.2. The van der Waals surface area contributed by atoms with E-state index in [9.17, 15) is 18.0 Å². The van der Waals surface area contributed by atoms with Gasteiger partial charge in [0, 0.05) is 55.7 Å². The molecule has 1 atom stereocenters. The van der Waals surface area contributed by atoms with E-state index in [1.165, 1.54) is 4.31 Å². The van der Waals surface area contributed by atoms with E-state index in [4.69, 9.17) is 4.74 Å². The summed E-state index contributed by atoms with van der Waals surface area (Å²) in [6.07, 6.45) is 4.47. The second kappa shape index (κ2) is 9.85. The fourth-order valence-electron chi connectivity index (χ4n) is 4.99. The molecule has 0 spiro atoms. The number of fused-ring (bicyclic) bond motifs is 1. The number of piperidine rings is 2. The zero-order valence-corrected chi connectivity index (χ0v) is 20.2. The van der Waals surface area contributed by atoms with Crippen LogP contribution in [0.3, 0.4) is 0 Å². The Kier molecular flexibility index (Phi) is 7.09. The number of amides is 1. The average Bonchev–Trinajstić information content (AvgIpc) is 3.26. The minimum atomic E-state index is -3.61. The molecule has 0 N–H and O–H groups in total.